The number of para-hydroxylation sites is 1. The van der Waals surface area contributed by atoms with E-state index in [1.807, 2.05) is 66.9 Å². The van der Waals surface area contributed by atoms with E-state index in [9.17, 15) is 0 Å². The van der Waals surface area contributed by atoms with Crippen LogP contribution < -0.4 is 10.6 Å². The fraction of sp³-hybridized carbons (Fsp3) is 0.0588. The standard InChI is InChI=1S/C17H15N5S2/c1-12-15(10-9-14-8-5-11-24-14)19-16(22-21-12)20-17(23)18-13-6-3-2-4-7-13/h2-11H,1H3,(H2,18,19,20,22,23). The van der Waals surface area contributed by atoms with Crippen LogP contribution in [0.1, 0.15) is 16.3 Å². The monoisotopic (exact) mass is 353 g/mol. The van der Waals surface area contributed by atoms with Gasteiger partial charge in [-0.2, -0.15) is 0 Å². The van der Waals surface area contributed by atoms with E-state index >= 15 is 0 Å². The molecule has 0 radical (unpaired) electrons. The van der Waals surface area contributed by atoms with E-state index < -0.39 is 0 Å². The largest absolute Gasteiger partial charge is 0.332 e. The minimum atomic E-state index is 0.361. The summed E-state index contributed by atoms with van der Waals surface area (Å²) < 4.78 is 0. The van der Waals surface area contributed by atoms with Gasteiger partial charge < -0.3 is 5.32 Å². The van der Waals surface area contributed by atoms with Gasteiger partial charge >= 0.3 is 0 Å². The molecule has 0 aliphatic carbocycles. The summed E-state index contributed by atoms with van der Waals surface area (Å²) >= 11 is 6.94. The molecule has 120 valence electrons. The molecule has 0 spiro atoms. The van der Waals surface area contributed by atoms with Crippen LogP contribution in [0.15, 0.2) is 47.8 Å². The van der Waals surface area contributed by atoms with Crippen molar-refractivity contribution >= 4 is 52.5 Å². The number of hydrogen-bond acceptors (Lipinski definition) is 5. The molecule has 2 N–H and O–H groups in total. The highest BCUT2D eigenvalue weighted by atomic mass is 32.1. The van der Waals surface area contributed by atoms with Crippen LogP contribution in [0, 0.1) is 6.92 Å². The van der Waals surface area contributed by atoms with Crippen molar-refractivity contribution in [2.24, 2.45) is 0 Å². The maximum atomic E-state index is 5.28. The molecular formula is C17H15N5S2. The lowest BCUT2D eigenvalue weighted by Crippen LogP contribution is -2.21. The number of aryl methyl sites for hydroxylation is 1. The third-order valence-electron chi connectivity index (χ3n) is 3.10. The first-order chi connectivity index (χ1) is 11.7. The normalized spacial score (nSPS) is 10.7. The predicted molar refractivity (Wildman–Crippen MR) is 104 cm³/mol. The van der Waals surface area contributed by atoms with Gasteiger partial charge in [-0.15, -0.1) is 21.5 Å². The molecule has 3 rings (SSSR count). The number of anilines is 2. The molecule has 2 aromatic heterocycles. The maximum absolute atomic E-state index is 5.28. The van der Waals surface area contributed by atoms with Gasteiger partial charge in [0.1, 0.15) is 0 Å². The molecule has 3 aromatic rings. The van der Waals surface area contributed by atoms with Gasteiger partial charge in [0.05, 0.1) is 11.4 Å². The summed E-state index contributed by atoms with van der Waals surface area (Å²) in [6.45, 7) is 1.87. The van der Waals surface area contributed by atoms with Gasteiger partial charge in [0.15, 0.2) is 5.11 Å². The molecule has 0 amide bonds. The van der Waals surface area contributed by atoms with Crippen molar-refractivity contribution in [3.8, 4) is 0 Å². The van der Waals surface area contributed by atoms with Crippen LogP contribution in [0.25, 0.3) is 12.2 Å². The molecule has 0 aliphatic heterocycles. The van der Waals surface area contributed by atoms with E-state index in [1.54, 1.807) is 11.3 Å². The van der Waals surface area contributed by atoms with Gasteiger partial charge in [-0.1, -0.05) is 24.3 Å². The Kier molecular flexibility index (Phi) is 5.25. The molecule has 2 heterocycles. The number of thiophene rings is 1. The third kappa shape index (κ3) is 4.43. The molecule has 0 atom stereocenters. The second-order valence-electron chi connectivity index (χ2n) is 4.90. The van der Waals surface area contributed by atoms with Gasteiger partial charge in [0, 0.05) is 10.6 Å². The average Bonchev–Trinajstić information content (AvgIpc) is 3.09. The van der Waals surface area contributed by atoms with E-state index in [4.69, 9.17) is 12.2 Å². The lowest BCUT2D eigenvalue weighted by Gasteiger charge is -2.09. The molecule has 5 nitrogen and oxygen atoms in total. The Hall–Kier alpha value is -2.64. The van der Waals surface area contributed by atoms with Crippen molar-refractivity contribution in [3.05, 3.63) is 64.1 Å². The molecule has 0 unspecified atom stereocenters. The van der Waals surface area contributed by atoms with Crippen molar-refractivity contribution < 1.29 is 0 Å². The third-order valence-corrected chi connectivity index (χ3v) is 4.14. The number of benzene rings is 1. The fourth-order valence-electron chi connectivity index (χ4n) is 1.93. The van der Waals surface area contributed by atoms with Crippen molar-refractivity contribution in [2.75, 3.05) is 10.6 Å². The van der Waals surface area contributed by atoms with E-state index in [1.165, 1.54) is 0 Å². The van der Waals surface area contributed by atoms with Gasteiger partial charge in [-0.05, 0) is 54.9 Å². The Morgan fingerprint density at radius 2 is 1.88 bits per heavy atom. The lowest BCUT2D eigenvalue weighted by molar-refractivity contribution is 0.929. The van der Waals surface area contributed by atoms with Crippen LogP contribution in [-0.4, -0.2) is 20.3 Å². The number of hydrogen-bond donors (Lipinski definition) is 2. The van der Waals surface area contributed by atoms with E-state index in [0.29, 0.717) is 11.1 Å². The van der Waals surface area contributed by atoms with E-state index in [-0.39, 0.29) is 0 Å². The summed E-state index contributed by atoms with van der Waals surface area (Å²) in [5.41, 5.74) is 2.41. The molecule has 1 aromatic carbocycles. The number of aromatic nitrogens is 3. The molecule has 0 bridgehead atoms. The van der Waals surface area contributed by atoms with Crippen molar-refractivity contribution in [1.29, 1.82) is 0 Å². The van der Waals surface area contributed by atoms with Crippen LogP contribution in [0.5, 0.6) is 0 Å². The number of rotatable bonds is 4. The average molecular weight is 353 g/mol. The number of thiocarbonyl (C=S) groups is 1. The smallest absolute Gasteiger partial charge is 0.249 e. The summed E-state index contributed by atoms with van der Waals surface area (Å²) in [5, 5.41) is 16.6. The number of nitrogens with zero attached hydrogens (tertiary/aromatic N) is 3. The fourth-order valence-corrected chi connectivity index (χ4v) is 2.76. The van der Waals surface area contributed by atoms with Crippen LogP contribution in [-0.2, 0) is 0 Å². The summed E-state index contributed by atoms with van der Waals surface area (Å²) in [7, 11) is 0. The first-order valence-electron chi connectivity index (χ1n) is 7.27. The molecule has 0 fully saturated rings. The topological polar surface area (TPSA) is 62.7 Å². The van der Waals surface area contributed by atoms with Crippen LogP contribution >= 0.6 is 23.6 Å². The molecular weight excluding hydrogens is 338 g/mol. The van der Waals surface area contributed by atoms with Gasteiger partial charge in [-0.25, -0.2) is 4.98 Å². The van der Waals surface area contributed by atoms with E-state index in [0.717, 1.165) is 22.0 Å². The zero-order valence-electron chi connectivity index (χ0n) is 12.9. The first kappa shape index (κ1) is 16.2. The van der Waals surface area contributed by atoms with Crippen molar-refractivity contribution in [1.82, 2.24) is 15.2 Å². The summed E-state index contributed by atoms with van der Waals surface area (Å²) in [6.07, 6.45) is 3.93. The Bertz CT molecular complexity index is 845. The maximum Gasteiger partial charge on any atom is 0.249 e. The summed E-state index contributed by atoms with van der Waals surface area (Å²) in [6, 6.07) is 13.7. The Morgan fingerprint density at radius 3 is 2.62 bits per heavy atom. The predicted octanol–water partition coefficient (Wildman–Crippen LogP) is 4.22. The second kappa shape index (κ2) is 7.76. The number of nitrogens with one attached hydrogen (secondary N) is 2. The van der Waals surface area contributed by atoms with Gasteiger partial charge in [0.2, 0.25) is 5.95 Å². The van der Waals surface area contributed by atoms with Gasteiger partial charge in [0.25, 0.3) is 0 Å². The molecule has 7 heteroatoms. The Morgan fingerprint density at radius 1 is 1.04 bits per heavy atom. The highest BCUT2D eigenvalue weighted by molar-refractivity contribution is 7.80. The van der Waals surface area contributed by atoms with Crippen LogP contribution in [0.3, 0.4) is 0 Å². The van der Waals surface area contributed by atoms with E-state index in [2.05, 4.69) is 25.8 Å². The van der Waals surface area contributed by atoms with Crippen LogP contribution in [0.2, 0.25) is 0 Å². The minimum Gasteiger partial charge on any atom is -0.332 e. The SMILES string of the molecule is Cc1nnc(NC(=S)Nc2ccccc2)nc1C=Cc1cccs1. The highest BCUT2D eigenvalue weighted by Crippen LogP contribution is 2.14. The lowest BCUT2D eigenvalue weighted by atomic mass is 10.3. The first-order valence-corrected chi connectivity index (χ1v) is 8.55. The minimum absolute atomic E-state index is 0.361. The Labute approximate surface area is 149 Å². The molecule has 0 saturated heterocycles. The quantitative estimate of drug-likeness (QED) is 0.685. The van der Waals surface area contributed by atoms with Gasteiger partial charge in [-0.3, -0.25) is 5.32 Å². The molecule has 0 aliphatic rings. The Balaban J connectivity index is 1.70. The van der Waals surface area contributed by atoms with Crippen molar-refractivity contribution in [2.45, 2.75) is 6.92 Å². The van der Waals surface area contributed by atoms with Crippen LogP contribution in [0.4, 0.5) is 11.6 Å². The zero-order valence-corrected chi connectivity index (χ0v) is 14.6. The summed E-state index contributed by atoms with van der Waals surface area (Å²) in [4.78, 5) is 5.62. The van der Waals surface area contributed by atoms with Crippen molar-refractivity contribution in [3.63, 3.8) is 0 Å². The molecule has 0 saturated carbocycles. The highest BCUT2D eigenvalue weighted by Gasteiger charge is 2.05. The summed E-state index contributed by atoms with van der Waals surface area (Å²) in [5.74, 6) is 0.361. The zero-order chi connectivity index (χ0) is 16.8. The molecule has 24 heavy (non-hydrogen) atoms. The second-order valence-corrected chi connectivity index (χ2v) is 6.29.